The molecule has 0 unspecified atom stereocenters. The molecule has 1 saturated carbocycles. The van der Waals surface area contributed by atoms with Crippen molar-refractivity contribution in [1.82, 2.24) is 15.2 Å². The Morgan fingerprint density at radius 2 is 1.91 bits per heavy atom. The zero-order chi connectivity index (χ0) is 25.8. The van der Waals surface area contributed by atoms with Crippen LogP contribution in [0.15, 0.2) is 24.3 Å². The lowest BCUT2D eigenvalue weighted by Crippen LogP contribution is -2.50. The molecule has 1 aliphatic rings. The van der Waals surface area contributed by atoms with E-state index in [0.717, 1.165) is 23.7 Å². The fraction of sp³-hybridized carbons (Fsp3) is 0.577. The Morgan fingerprint density at radius 3 is 2.57 bits per heavy atom. The number of nitrogens with zero attached hydrogens (tertiary/aromatic N) is 2. The Hall–Kier alpha value is -2.86. The van der Waals surface area contributed by atoms with Crippen LogP contribution in [0.3, 0.4) is 0 Å². The van der Waals surface area contributed by atoms with Gasteiger partial charge in [-0.15, -0.1) is 0 Å². The van der Waals surface area contributed by atoms with Gasteiger partial charge in [0.25, 0.3) is 5.91 Å². The second kappa shape index (κ2) is 11.3. The van der Waals surface area contributed by atoms with Crippen LogP contribution in [-0.2, 0) is 27.4 Å². The first-order chi connectivity index (χ1) is 16.5. The predicted molar refractivity (Wildman–Crippen MR) is 136 cm³/mol. The number of aryl methyl sites for hydroxylation is 1. The number of benzene rings is 1. The highest BCUT2D eigenvalue weighted by Gasteiger charge is 2.33. The third-order valence-electron chi connectivity index (χ3n) is 6.77. The number of aromatic nitrogens is 1. The largest absolute Gasteiger partial charge is 0.347 e. The molecule has 3 atom stereocenters. The van der Waals surface area contributed by atoms with Crippen molar-refractivity contribution >= 4 is 32.6 Å². The summed E-state index contributed by atoms with van der Waals surface area (Å²) < 4.78 is 25.8. The molecule has 0 bridgehead atoms. The Kier molecular flexibility index (Phi) is 8.60. The number of fused-ring (bicyclic) bond motifs is 1. The maximum Gasteiger partial charge on any atom is 0.268 e. The molecule has 0 spiro atoms. The van der Waals surface area contributed by atoms with Gasteiger partial charge in [0.2, 0.25) is 5.91 Å². The average molecular weight is 501 g/mol. The lowest BCUT2D eigenvalue weighted by atomic mass is 9.83. The molecule has 190 valence electrons. The van der Waals surface area contributed by atoms with E-state index < -0.39 is 15.9 Å². The van der Waals surface area contributed by atoms with E-state index in [9.17, 15) is 23.3 Å². The third kappa shape index (κ3) is 6.63. The zero-order valence-corrected chi connectivity index (χ0v) is 21.8. The summed E-state index contributed by atoms with van der Waals surface area (Å²) in [7, 11) is -1.38. The van der Waals surface area contributed by atoms with Crippen molar-refractivity contribution in [3.8, 4) is 6.07 Å². The van der Waals surface area contributed by atoms with Crippen LogP contribution in [0.2, 0.25) is 0 Å². The number of nitriles is 1. The van der Waals surface area contributed by atoms with E-state index in [1.54, 1.807) is 30.7 Å². The molecule has 0 radical (unpaired) electrons. The Balaban J connectivity index is 1.77. The van der Waals surface area contributed by atoms with Gasteiger partial charge in [0.05, 0.1) is 17.7 Å². The topological polar surface area (TPSA) is 121 Å². The molecule has 1 heterocycles. The van der Waals surface area contributed by atoms with Crippen molar-refractivity contribution in [2.24, 2.45) is 18.9 Å². The summed E-state index contributed by atoms with van der Waals surface area (Å²) >= 11 is 0. The van der Waals surface area contributed by atoms with Gasteiger partial charge in [0.1, 0.15) is 11.7 Å². The van der Waals surface area contributed by atoms with Gasteiger partial charge < -0.3 is 15.2 Å². The molecular weight excluding hydrogens is 464 g/mol. The summed E-state index contributed by atoms with van der Waals surface area (Å²) in [5.74, 6) is -0.497. The summed E-state index contributed by atoms with van der Waals surface area (Å²) in [5, 5.41) is 16.2. The Labute approximate surface area is 208 Å². The van der Waals surface area contributed by atoms with Crippen molar-refractivity contribution in [3.05, 3.63) is 35.5 Å². The molecule has 35 heavy (non-hydrogen) atoms. The van der Waals surface area contributed by atoms with Gasteiger partial charge in [0.15, 0.2) is 9.84 Å². The van der Waals surface area contributed by atoms with Crippen molar-refractivity contribution in [3.63, 3.8) is 0 Å². The van der Waals surface area contributed by atoms with E-state index in [1.807, 2.05) is 26.0 Å². The van der Waals surface area contributed by atoms with Crippen LogP contribution in [-0.4, -0.2) is 42.6 Å². The number of nitrogens with one attached hydrogen (secondary N) is 2. The minimum absolute atomic E-state index is 0.0362. The highest BCUT2D eigenvalue weighted by Crippen LogP contribution is 2.27. The number of hydrogen-bond donors (Lipinski definition) is 2. The Bertz CT molecular complexity index is 1230. The number of rotatable bonds is 9. The van der Waals surface area contributed by atoms with Crippen molar-refractivity contribution < 1.29 is 18.0 Å². The molecule has 1 fully saturated rings. The summed E-state index contributed by atoms with van der Waals surface area (Å²) in [5.41, 5.74) is 1.92. The van der Waals surface area contributed by atoms with Crippen LogP contribution >= 0.6 is 0 Å². The van der Waals surface area contributed by atoms with Gasteiger partial charge in [0, 0.05) is 29.7 Å². The van der Waals surface area contributed by atoms with Crippen LogP contribution in [0.1, 0.15) is 68.9 Å². The van der Waals surface area contributed by atoms with Crippen LogP contribution in [0.4, 0.5) is 0 Å². The molecule has 1 aromatic carbocycles. The second-order valence-corrected chi connectivity index (χ2v) is 12.3. The first-order valence-corrected chi connectivity index (χ1v) is 14.2. The van der Waals surface area contributed by atoms with Crippen molar-refractivity contribution in [2.45, 2.75) is 70.7 Å². The van der Waals surface area contributed by atoms with E-state index in [2.05, 4.69) is 16.7 Å². The van der Waals surface area contributed by atoms with Gasteiger partial charge in [-0.3, -0.25) is 9.59 Å². The van der Waals surface area contributed by atoms with Crippen LogP contribution < -0.4 is 10.6 Å². The molecule has 1 aromatic heterocycles. The maximum atomic E-state index is 13.2. The summed E-state index contributed by atoms with van der Waals surface area (Å²) in [6.45, 7) is 5.65. The first kappa shape index (κ1) is 26.7. The molecule has 8 nitrogen and oxygen atoms in total. The smallest absolute Gasteiger partial charge is 0.268 e. The number of hydrogen-bond acceptors (Lipinski definition) is 5. The lowest BCUT2D eigenvalue weighted by Gasteiger charge is -2.32. The van der Waals surface area contributed by atoms with E-state index >= 15 is 0 Å². The van der Waals surface area contributed by atoms with E-state index in [1.165, 1.54) is 0 Å². The molecule has 1 aliphatic carbocycles. The number of amides is 2. The first-order valence-electron chi connectivity index (χ1n) is 12.3. The SMILES string of the molecule is CCS(=O)(=O)Cc1ccc2cc(C(=O)N[C@H]3CCCC[C@H]3C(=O)N[C@H](C#N)CC(C)C)n(C)c2c1. The van der Waals surface area contributed by atoms with Gasteiger partial charge in [-0.1, -0.05) is 45.7 Å². The summed E-state index contributed by atoms with van der Waals surface area (Å²) in [6, 6.07) is 8.54. The standard InChI is InChI=1S/C26H36N4O4S/c1-5-35(33,34)16-18-10-11-19-14-24(30(4)23(19)13-18)26(32)29-22-9-7-6-8-21(22)25(31)28-20(15-27)12-17(2)3/h10-11,13-14,17,20-22H,5-9,12,16H2,1-4H3,(H,28,31)(H,29,32)/t20-,21+,22-/m0/s1. The third-order valence-corrected chi connectivity index (χ3v) is 8.42. The molecule has 2 amide bonds. The molecule has 2 aromatic rings. The minimum atomic E-state index is -3.16. The molecule has 9 heteroatoms. The van der Waals surface area contributed by atoms with E-state index in [0.29, 0.717) is 30.5 Å². The molecule has 3 rings (SSSR count). The number of carbonyl (C=O) groups is 2. The minimum Gasteiger partial charge on any atom is -0.347 e. The van der Waals surface area contributed by atoms with Gasteiger partial charge in [-0.25, -0.2) is 8.42 Å². The molecular formula is C26H36N4O4S. The molecule has 0 saturated heterocycles. The van der Waals surface area contributed by atoms with Crippen LogP contribution in [0.25, 0.3) is 10.9 Å². The Morgan fingerprint density at radius 1 is 1.20 bits per heavy atom. The number of sulfone groups is 1. The van der Waals surface area contributed by atoms with Crippen molar-refractivity contribution in [2.75, 3.05) is 5.75 Å². The fourth-order valence-corrected chi connectivity index (χ4v) is 5.68. The van der Waals surface area contributed by atoms with Crippen LogP contribution in [0, 0.1) is 23.2 Å². The number of carbonyl (C=O) groups excluding carboxylic acids is 2. The monoisotopic (exact) mass is 500 g/mol. The van der Waals surface area contributed by atoms with E-state index in [4.69, 9.17) is 0 Å². The second-order valence-electron chi connectivity index (χ2n) is 9.95. The normalized spacial score (nSPS) is 19.3. The summed E-state index contributed by atoms with van der Waals surface area (Å²) in [6.07, 6.45) is 3.79. The van der Waals surface area contributed by atoms with Gasteiger partial charge >= 0.3 is 0 Å². The van der Waals surface area contributed by atoms with Crippen molar-refractivity contribution in [1.29, 1.82) is 5.26 Å². The zero-order valence-electron chi connectivity index (χ0n) is 21.0. The van der Waals surface area contributed by atoms with Gasteiger partial charge in [-0.05, 0) is 42.9 Å². The van der Waals surface area contributed by atoms with E-state index in [-0.39, 0.29) is 41.2 Å². The average Bonchev–Trinajstić information content (AvgIpc) is 3.14. The summed E-state index contributed by atoms with van der Waals surface area (Å²) in [4.78, 5) is 26.2. The molecule has 2 N–H and O–H groups in total. The lowest BCUT2D eigenvalue weighted by molar-refractivity contribution is -0.127. The van der Waals surface area contributed by atoms with Crippen LogP contribution in [0.5, 0.6) is 0 Å². The maximum absolute atomic E-state index is 13.2. The molecule has 0 aliphatic heterocycles. The quantitative estimate of drug-likeness (QED) is 0.546. The highest BCUT2D eigenvalue weighted by atomic mass is 32.2. The highest BCUT2D eigenvalue weighted by molar-refractivity contribution is 7.90. The predicted octanol–water partition coefficient (Wildman–Crippen LogP) is 3.46. The van der Waals surface area contributed by atoms with Gasteiger partial charge in [-0.2, -0.15) is 5.26 Å². The fourth-order valence-electron chi connectivity index (χ4n) is 4.79.